The first-order valence-corrected chi connectivity index (χ1v) is 11.4. The molecule has 4 rings (SSSR count). The van der Waals surface area contributed by atoms with Crippen LogP contribution in [0.1, 0.15) is 36.6 Å². The normalized spacial score (nSPS) is 14.4. The number of pyridine rings is 2. The number of anilines is 1. The second-order valence-corrected chi connectivity index (χ2v) is 8.42. The number of nitrogens with one attached hydrogen (secondary N) is 1. The third kappa shape index (κ3) is 6.91. The lowest BCUT2D eigenvalue weighted by atomic mass is 9.99. The molecule has 0 radical (unpaired) electrons. The van der Waals surface area contributed by atoms with Crippen LogP contribution in [0.25, 0.3) is 6.08 Å². The highest BCUT2D eigenvalue weighted by Crippen LogP contribution is 2.21. The summed E-state index contributed by atoms with van der Waals surface area (Å²) in [5, 5.41) is 2.91. The molecule has 0 bridgehead atoms. The average Bonchev–Trinajstić information content (AvgIpc) is 2.87. The van der Waals surface area contributed by atoms with E-state index in [-0.39, 0.29) is 5.91 Å². The number of carbonyl (C=O) groups is 1. The average molecular weight is 443 g/mol. The molecule has 3 heterocycles. The molecule has 1 aliphatic heterocycles. The Hall–Kier alpha value is -3.67. The highest BCUT2D eigenvalue weighted by atomic mass is 16.5. The lowest BCUT2D eigenvalue weighted by Gasteiger charge is -2.31. The van der Waals surface area contributed by atoms with Crippen LogP contribution < -0.4 is 15.0 Å². The zero-order valence-corrected chi connectivity index (χ0v) is 19.0. The van der Waals surface area contributed by atoms with Crippen LogP contribution in [-0.4, -0.2) is 29.0 Å². The molecule has 1 aliphatic rings. The van der Waals surface area contributed by atoms with Crippen molar-refractivity contribution in [3.8, 4) is 5.75 Å². The van der Waals surface area contributed by atoms with Crippen molar-refractivity contribution < 1.29 is 9.53 Å². The summed E-state index contributed by atoms with van der Waals surface area (Å²) in [6.07, 6.45) is 9.36. The molecule has 1 amide bonds. The molecule has 0 atom stereocenters. The Morgan fingerprint density at radius 2 is 1.91 bits per heavy atom. The van der Waals surface area contributed by atoms with Crippen molar-refractivity contribution in [1.29, 1.82) is 0 Å². The van der Waals surface area contributed by atoms with Crippen molar-refractivity contribution in [2.45, 2.75) is 32.9 Å². The van der Waals surface area contributed by atoms with E-state index >= 15 is 0 Å². The zero-order chi connectivity index (χ0) is 22.9. The van der Waals surface area contributed by atoms with Crippen LogP contribution in [0.3, 0.4) is 0 Å². The van der Waals surface area contributed by atoms with Gasteiger partial charge in [-0.1, -0.05) is 31.2 Å². The van der Waals surface area contributed by atoms with Crippen LogP contribution in [0.5, 0.6) is 5.75 Å². The summed E-state index contributed by atoms with van der Waals surface area (Å²) >= 11 is 0. The van der Waals surface area contributed by atoms with Gasteiger partial charge >= 0.3 is 0 Å². The summed E-state index contributed by atoms with van der Waals surface area (Å²) in [6, 6.07) is 17.4. The van der Waals surface area contributed by atoms with E-state index in [2.05, 4.69) is 27.1 Å². The van der Waals surface area contributed by atoms with Gasteiger partial charge in [0.1, 0.15) is 18.2 Å². The Bertz CT molecular complexity index is 1040. The van der Waals surface area contributed by atoms with E-state index in [1.165, 1.54) is 12.8 Å². The maximum absolute atomic E-state index is 12.2. The summed E-state index contributed by atoms with van der Waals surface area (Å²) in [5.41, 5.74) is 2.79. The third-order valence-electron chi connectivity index (χ3n) is 5.80. The number of rotatable bonds is 8. The molecular formula is C27H30N4O2. The number of nitrogens with zero attached hydrogens (tertiary/aromatic N) is 3. The van der Waals surface area contributed by atoms with Gasteiger partial charge in [-0.3, -0.25) is 9.78 Å². The van der Waals surface area contributed by atoms with Gasteiger partial charge in [0.15, 0.2) is 0 Å². The van der Waals surface area contributed by atoms with E-state index in [0.29, 0.717) is 13.2 Å². The quantitative estimate of drug-likeness (QED) is 0.516. The molecule has 0 saturated carbocycles. The number of carbonyl (C=O) groups excluding carboxylic acids is 1. The number of benzene rings is 1. The minimum atomic E-state index is -0.139. The van der Waals surface area contributed by atoms with Gasteiger partial charge < -0.3 is 15.0 Å². The molecule has 3 aromatic rings. The van der Waals surface area contributed by atoms with Crippen molar-refractivity contribution in [2.75, 3.05) is 18.0 Å². The highest BCUT2D eigenvalue weighted by molar-refractivity contribution is 5.91. The predicted molar refractivity (Wildman–Crippen MR) is 131 cm³/mol. The summed E-state index contributed by atoms with van der Waals surface area (Å²) in [7, 11) is 0. The van der Waals surface area contributed by atoms with Gasteiger partial charge in [-0.25, -0.2) is 4.98 Å². The van der Waals surface area contributed by atoms with Crippen LogP contribution in [0.15, 0.2) is 73.1 Å². The monoisotopic (exact) mass is 442 g/mol. The molecule has 0 spiro atoms. The van der Waals surface area contributed by atoms with E-state index < -0.39 is 0 Å². The first-order valence-electron chi connectivity index (χ1n) is 11.4. The van der Waals surface area contributed by atoms with Crippen molar-refractivity contribution in [2.24, 2.45) is 5.92 Å². The summed E-state index contributed by atoms with van der Waals surface area (Å²) in [6.45, 7) is 5.30. The van der Waals surface area contributed by atoms with Crippen molar-refractivity contribution in [1.82, 2.24) is 15.3 Å². The summed E-state index contributed by atoms with van der Waals surface area (Å²) < 4.78 is 5.74. The van der Waals surface area contributed by atoms with E-state index in [0.717, 1.165) is 47.4 Å². The maximum Gasteiger partial charge on any atom is 0.244 e. The fourth-order valence-electron chi connectivity index (χ4n) is 3.68. The van der Waals surface area contributed by atoms with Gasteiger partial charge in [-0.15, -0.1) is 0 Å². The molecule has 1 fully saturated rings. The molecule has 33 heavy (non-hydrogen) atoms. The van der Waals surface area contributed by atoms with Crippen LogP contribution in [0.4, 0.5) is 5.82 Å². The zero-order valence-electron chi connectivity index (χ0n) is 19.0. The summed E-state index contributed by atoms with van der Waals surface area (Å²) in [5.74, 6) is 2.44. The molecule has 2 aromatic heterocycles. The lowest BCUT2D eigenvalue weighted by molar-refractivity contribution is -0.116. The smallest absolute Gasteiger partial charge is 0.244 e. The molecular weight excluding hydrogens is 412 g/mol. The van der Waals surface area contributed by atoms with Gasteiger partial charge in [0.25, 0.3) is 0 Å². The first kappa shape index (κ1) is 22.5. The first-order chi connectivity index (χ1) is 16.2. The third-order valence-corrected chi connectivity index (χ3v) is 5.80. The van der Waals surface area contributed by atoms with E-state index in [4.69, 9.17) is 4.74 Å². The minimum absolute atomic E-state index is 0.139. The maximum atomic E-state index is 12.2. The number of amides is 1. The molecule has 1 N–H and O–H groups in total. The highest BCUT2D eigenvalue weighted by Gasteiger charge is 2.16. The van der Waals surface area contributed by atoms with Gasteiger partial charge in [0, 0.05) is 38.1 Å². The number of ether oxygens (including phenoxy) is 1. The number of hydrogen-bond acceptors (Lipinski definition) is 5. The van der Waals surface area contributed by atoms with Gasteiger partial charge in [0.05, 0.1) is 5.69 Å². The SMILES string of the molecule is CC1CCN(c2ccc(CNC(=O)C=Cc3ccc(OCc4ccccn4)cc3)cn2)CC1. The second-order valence-electron chi connectivity index (χ2n) is 8.42. The Morgan fingerprint density at radius 3 is 2.61 bits per heavy atom. The fraction of sp³-hybridized carbons (Fsp3) is 0.296. The predicted octanol–water partition coefficient (Wildman–Crippen LogP) is 4.62. The molecule has 170 valence electrons. The van der Waals surface area contributed by atoms with Crippen molar-refractivity contribution >= 4 is 17.8 Å². The fourth-order valence-corrected chi connectivity index (χ4v) is 3.68. The molecule has 6 nitrogen and oxygen atoms in total. The topological polar surface area (TPSA) is 67.4 Å². The minimum Gasteiger partial charge on any atom is -0.487 e. The van der Waals surface area contributed by atoms with E-state index in [1.54, 1.807) is 18.3 Å². The molecule has 0 unspecified atom stereocenters. The van der Waals surface area contributed by atoms with Gasteiger partial charge in [0.2, 0.25) is 5.91 Å². The van der Waals surface area contributed by atoms with Crippen LogP contribution in [0, 0.1) is 5.92 Å². The van der Waals surface area contributed by atoms with Crippen molar-refractivity contribution in [3.05, 3.63) is 89.9 Å². The number of hydrogen-bond donors (Lipinski definition) is 1. The standard InChI is InChI=1S/C27H30N4O2/c1-21-13-16-31(17-14-21)26-11-7-23(18-29-26)19-30-27(32)12-8-22-5-9-25(10-6-22)33-20-24-4-2-3-15-28-24/h2-12,15,18,21H,13-14,16-17,19-20H2,1H3,(H,30,32). The van der Waals surface area contributed by atoms with E-state index in [9.17, 15) is 4.79 Å². The largest absolute Gasteiger partial charge is 0.487 e. The van der Waals surface area contributed by atoms with E-state index in [1.807, 2.05) is 60.8 Å². The number of piperidine rings is 1. The second kappa shape index (κ2) is 11.3. The Kier molecular flexibility index (Phi) is 7.69. The van der Waals surface area contributed by atoms with Gasteiger partial charge in [-0.05, 0) is 66.3 Å². The Morgan fingerprint density at radius 1 is 1.09 bits per heavy atom. The molecule has 0 aliphatic carbocycles. The Balaban J connectivity index is 1.21. The van der Waals surface area contributed by atoms with Crippen LogP contribution in [-0.2, 0) is 17.9 Å². The molecule has 6 heteroatoms. The molecule has 1 saturated heterocycles. The van der Waals surface area contributed by atoms with Gasteiger partial charge in [-0.2, -0.15) is 0 Å². The molecule has 1 aromatic carbocycles. The number of aromatic nitrogens is 2. The Labute approximate surface area is 195 Å². The van der Waals surface area contributed by atoms with Crippen LogP contribution in [0.2, 0.25) is 0 Å². The van der Waals surface area contributed by atoms with Crippen molar-refractivity contribution in [3.63, 3.8) is 0 Å². The van der Waals surface area contributed by atoms with Crippen LogP contribution >= 0.6 is 0 Å². The summed E-state index contributed by atoms with van der Waals surface area (Å²) in [4.78, 5) is 23.4. The lowest BCUT2D eigenvalue weighted by Crippen LogP contribution is -2.33.